The number of hydrogen-bond acceptors (Lipinski definition) is 6. The maximum atomic E-state index is 12.5. The fourth-order valence-corrected chi connectivity index (χ4v) is 3.86. The predicted molar refractivity (Wildman–Crippen MR) is 113 cm³/mol. The van der Waals surface area contributed by atoms with Crippen molar-refractivity contribution < 1.29 is 22.7 Å². The fourth-order valence-electron chi connectivity index (χ4n) is 2.99. The van der Waals surface area contributed by atoms with Gasteiger partial charge in [-0.05, 0) is 23.8 Å². The van der Waals surface area contributed by atoms with Crippen molar-refractivity contribution >= 4 is 33.1 Å². The summed E-state index contributed by atoms with van der Waals surface area (Å²) in [7, 11) is 0. The normalized spacial score (nSPS) is 11.5. The molecule has 0 aliphatic heterocycles. The van der Waals surface area contributed by atoms with E-state index in [1.54, 1.807) is 30.5 Å². The van der Waals surface area contributed by atoms with Crippen LogP contribution >= 0.6 is 11.3 Å². The Morgan fingerprint density at radius 1 is 1.09 bits per heavy atom. The van der Waals surface area contributed by atoms with Crippen LogP contribution in [0.4, 0.5) is 18.3 Å². The molecule has 0 radical (unpaired) electrons. The molecule has 7 nitrogen and oxygen atoms in total. The van der Waals surface area contributed by atoms with Crippen LogP contribution in [-0.2, 0) is 17.8 Å². The third-order valence-electron chi connectivity index (χ3n) is 4.39. The van der Waals surface area contributed by atoms with Gasteiger partial charge in [0.1, 0.15) is 12.3 Å². The van der Waals surface area contributed by atoms with E-state index in [9.17, 15) is 22.8 Å². The summed E-state index contributed by atoms with van der Waals surface area (Å²) in [6, 6.07) is 12.5. The first kappa shape index (κ1) is 21.5. The number of rotatable bonds is 6. The van der Waals surface area contributed by atoms with Gasteiger partial charge in [-0.3, -0.25) is 9.59 Å². The second kappa shape index (κ2) is 8.79. The zero-order valence-corrected chi connectivity index (χ0v) is 17.1. The van der Waals surface area contributed by atoms with Crippen LogP contribution in [0.1, 0.15) is 10.4 Å². The minimum absolute atomic E-state index is 0.265. The molecule has 2 aromatic carbocycles. The number of carbonyl (C=O) groups is 1. The topological polar surface area (TPSA) is 86.1 Å². The van der Waals surface area contributed by atoms with Crippen LogP contribution in [-0.4, -0.2) is 27.0 Å². The van der Waals surface area contributed by atoms with E-state index in [-0.39, 0.29) is 17.9 Å². The molecule has 0 saturated heterocycles. The Bertz CT molecular complexity index is 1320. The smallest absolute Gasteiger partial charge is 0.406 e. The largest absolute Gasteiger partial charge is 0.573 e. The number of halogens is 3. The number of hydrogen-bond donors (Lipinski definition) is 1. The van der Waals surface area contributed by atoms with Crippen LogP contribution in [0.3, 0.4) is 0 Å². The molecule has 1 amide bonds. The zero-order valence-electron chi connectivity index (χ0n) is 16.3. The standard InChI is InChI=1S/C21H15F3N4O3S/c22-21(23,24)31-15-7-5-13(6-8-15)9-16-11-25-20(32-16)27-18(29)12-28-19(30)17-4-2-1-3-14(17)10-26-28/h1-8,10-11H,9,12H2,(H,25,27,29). The number of anilines is 1. The lowest BCUT2D eigenvalue weighted by atomic mass is 10.1. The van der Waals surface area contributed by atoms with Gasteiger partial charge < -0.3 is 10.1 Å². The Hall–Kier alpha value is -3.73. The quantitative estimate of drug-likeness (QED) is 0.471. The summed E-state index contributed by atoms with van der Waals surface area (Å²) in [5.74, 6) is -0.750. The van der Waals surface area contributed by atoms with Crippen molar-refractivity contribution in [2.45, 2.75) is 19.3 Å². The third-order valence-corrected chi connectivity index (χ3v) is 5.30. The lowest BCUT2D eigenvalue weighted by molar-refractivity contribution is -0.274. The van der Waals surface area contributed by atoms with E-state index in [0.717, 1.165) is 15.1 Å². The highest BCUT2D eigenvalue weighted by molar-refractivity contribution is 7.15. The third kappa shape index (κ3) is 5.30. The molecule has 4 rings (SSSR count). The zero-order chi connectivity index (χ0) is 22.7. The highest BCUT2D eigenvalue weighted by Gasteiger charge is 2.30. The number of fused-ring (bicyclic) bond motifs is 1. The SMILES string of the molecule is O=C(Cn1ncc2ccccc2c1=O)Nc1ncc(Cc2ccc(OC(F)(F)F)cc2)s1. The number of aromatic nitrogens is 3. The Labute approximate surface area is 183 Å². The highest BCUT2D eigenvalue weighted by Crippen LogP contribution is 2.25. The number of ether oxygens (including phenoxy) is 1. The van der Waals surface area contributed by atoms with Crippen molar-refractivity contribution in [1.82, 2.24) is 14.8 Å². The Balaban J connectivity index is 1.37. The summed E-state index contributed by atoms with van der Waals surface area (Å²) >= 11 is 1.23. The van der Waals surface area contributed by atoms with E-state index in [2.05, 4.69) is 20.1 Å². The number of carbonyl (C=O) groups excluding carboxylic acids is 1. The van der Waals surface area contributed by atoms with Crippen LogP contribution in [0.15, 0.2) is 65.7 Å². The van der Waals surface area contributed by atoms with Gasteiger partial charge in [0.25, 0.3) is 5.56 Å². The van der Waals surface area contributed by atoms with Gasteiger partial charge in [-0.2, -0.15) is 5.10 Å². The summed E-state index contributed by atoms with van der Waals surface area (Å²) in [6.07, 6.45) is -1.22. The molecule has 164 valence electrons. The van der Waals surface area contributed by atoms with Crippen molar-refractivity contribution in [3.05, 3.63) is 81.7 Å². The minimum Gasteiger partial charge on any atom is -0.406 e. The molecule has 1 N–H and O–H groups in total. The van der Waals surface area contributed by atoms with Crippen molar-refractivity contribution in [2.24, 2.45) is 0 Å². The minimum atomic E-state index is -4.74. The molecular formula is C21H15F3N4O3S. The lowest BCUT2D eigenvalue weighted by Gasteiger charge is -2.08. The number of thiazole rings is 1. The Morgan fingerprint density at radius 2 is 1.84 bits per heavy atom. The lowest BCUT2D eigenvalue weighted by Crippen LogP contribution is -2.29. The first-order chi connectivity index (χ1) is 15.3. The summed E-state index contributed by atoms with van der Waals surface area (Å²) in [5, 5.41) is 8.16. The van der Waals surface area contributed by atoms with Crippen molar-refractivity contribution in [2.75, 3.05) is 5.32 Å². The van der Waals surface area contributed by atoms with Crippen molar-refractivity contribution in [1.29, 1.82) is 0 Å². The van der Waals surface area contributed by atoms with Gasteiger partial charge >= 0.3 is 6.36 Å². The van der Waals surface area contributed by atoms with Gasteiger partial charge in [0.15, 0.2) is 5.13 Å². The van der Waals surface area contributed by atoms with Gasteiger partial charge in [-0.1, -0.05) is 30.3 Å². The van der Waals surface area contributed by atoms with E-state index in [4.69, 9.17) is 0 Å². The molecule has 0 fully saturated rings. The number of amides is 1. The second-order valence-electron chi connectivity index (χ2n) is 6.74. The van der Waals surface area contributed by atoms with Crippen LogP contribution in [0.5, 0.6) is 5.75 Å². The van der Waals surface area contributed by atoms with Crippen LogP contribution in [0.25, 0.3) is 10.8 Å². The summed E-state index contributed by atoms with van der Waals surface area (Å²) in [4.78, 5) is 29.7. The number of benzene rings is 2. The molecule has 4 aromatic rings. The highest BCUT2D eigenvalue weighted by atomic mass is 32.1. The average Bonchev–Trinajstić information content (AvgIpc) is 3.17. The number of nitrogens with one attached hydrogen (secondary N) is 1. The first-order valence-corrected chi connectivity index (χ1v) is 10.1. The molecule has 0 atom stereocenters. The maximum Gasteiger partial charge on any atom is 0.573 e. The van der Waals surface area contributed by atoms with Crippen LogP contribution in [0.2, 0.25) is 0 Å². The molecule has 0 aliphatic carbocycles. The molecular weight excluding hydrogens is 445 g/mol. The molecule has 0 spiro atoms. The van der Waals surface area contributed by atoms with Gasteiger partial charge in [0, 0.05) is 22.9 Å². The van der Waals surface area contributed by atoms with Gasteiger partial charge in [0.05, 0.1) is 11.6 Å². The predicted octanol–water partition coefficient (Wildman–Crippen LogP) is 3.98. The molecule has 0 aliphatic rings. The van der Waals surface area contributed by atoms with Crippen LogP contribution in [0, 0.1) is 0 Å². The van der Waals surface area contributed by atoms with Crippen LogP contribution < -0.4 is 15.6 Å². The van der Waals surface area contributed by atoms with E-state index in [1.165, 1.54) is 41.8 Å². The summed E-state index contributed by atoms with van der Waals surface area (Å²) in [5.41, 5.74) is 0.393. The molecule has 32 heavy (non-hydrogen) atoms. The molecule has 0 saturated carbocycles. The van der Waals surface area contributed by atoms with Gasteiger partial charge in [-0.25, -0.2) is 9.67 Å². The first-order valence-electron chi connectivity index (χ1n) is 9.31. The Kier molecular flexibility index (Phi) is 5.91. The monoisotopic (exact) mass is 460 g/mol. The fraction of sp³-hybridized carbons (Fsp3) is 0.143. The molecule has 0 unspecified atom stereocenters. The maximum absolute atomic E-state index is 12.5. The van der Waals surface area contributed by atoms with Gasteiger partial charge in [0.2, 0.25) is 5.91 Å². The summed E-state index contributed by atoms with van der Waals surface area (Å²) < 4.78 is 41.6. The van der Waals surface area contributed by atoms with E-state index in [0.29, 0.717) is 22.3 Å². The van der Waals surface area contributed by atoms with Gasteiger partial charge in [-0.15, -0.1) is 24.5 Å². The van der Waals surface area contributed by atoms with E-state index in [1.807, 2.05) is 0 Å². The average molecular weight is 460 g/mol. The molecule has 2 aromatic heterocycles. The number of nitrogens with zero attached hydrogens (tertiary/aromatic N) is 3. The second-order valence-corrected chi connectivity index (χ2v) is 7.86. The number of alkyl halides is 3. The van der Waals surface area contributed by atoms with E-state index >= 15 is 0 Å². The van der Waals surface area contributed by atoms with E-state index < -0.39 is 12.3 Å². The van der Waals surface area contributed by atoms with Crippen molar-refractivity contribution in [3.63, 3.8) is 0 Å². The van der Waals surface area contributed by atoms with Crippen molar-refractivity contribution in [3.8, 4) is 5.75 Å². The molecule has 11 heteroatoms. The summed E-state index contributed by atoms with van der Waals surface area (Å²) in [6.45, 7) is -0.265. The molecule has 0 bridgehead atoms. The molecule has 2 heterocycles. The Morgan fingerprint density at radius 3 is 2.59 bits per heavy atom.